The van der Waals surface area contributed by atoms with Gasteiger partial charge in [0, 0.05) is 12.1 Å². The summed E-state index contributed by atoms with van der Waals surface area (Å²) in [6.07, 6.45) is 6.37. The average molecular weight is 342 g/mol. The van der Waals surface area contributed by atoms with E-state index in [1.54, 1.807) is 10.9 Å². The molecule has 134 valence electrons. The molecule has 1 saturated carbocycles. The molecule has 0 unspecified atom stereocenters. The Morgan fingerprint density at radius 3 is 2.68 bits per heavy atom. The zero-order valence-corrected chi connectivity index (χ0v) is 14.6. The second-order valence-electron chi connectivity index (χ2n) is 6.56. The van der Waals surface area contributed by atoms with Gasteiger partial charge in [0.15, 0.2) is 11.4 Å². The maximum absolute atomic E-state index is 12.7. The van der Waals surface area contributed by atoms with Gasteiger partial charge in [-0.15, -0.1) is 0 Å². The van der Waals surface area contributed by atoms with Crippen LogP contribution in [0.4, 0.5) is 0 Å². The summed E-state index contributed by atoms with van der Waals surface area (Å²) in [6, 6.07) is 10.1. The van der Waals surface area contributed by atoms with Crippen LogP contribution in [0.3, 0.4) is 0 Å². The Morgan fingerprint density at radius 2 is 2.00 bits per heavy atom. The number of hydrogen-bond donors (Lipinski definition) is 2. The van der Waals surface area contributed by atoms with Crippen molar-refractivity contribution in [2.45, 2.75) is 51.1 Å². The lowest BCUT2D eigenvalue weighted by molar-refractivity contribution is 0.0916. The summed E-state index contributed by atoms with van der Waals surface area (Å²) < 4.78 is 7.44. The number of carbonyl (C=O) groups excluding carboxylic acids is 1. The fraction of sp³-hybridized carbons (Fsp3) is 0.474. The minimum Gasteiger partial charge on any atom is -0.489 e. The molecule has 0 bridgehead atoms. The molecule has 1 fully saturated rings. The highest BCUT2D eigenvalue weighted by Crippen LogP contribution is 2.22. The summed E-state index contributed by atoms with van der Waals surface area (Å²) in [7, 11) is 0. The van der Waals surface area contributed by atoms with E-state index in [-0.39, 0.29) is 18.0 Å². The number of benzene rings is 1. The van der Waals surface area contributed by atoms with Crippen LogP contribution in [-0.2, 0) is 0 Å². The lowest BCUT2D eigenvalue weighted by atomic mass is 9.92. The third kappa shape index (κ3) is 4.39. The SMILES string of the molecule is CCCOc1cn(-c2ccccc2)nc1C(=O)NC1CCC(N)CC1. The van der Waals surface area contributed by atoms with E-state index in [2.05, 4.69) is 10.4 Å². The van der Waals surface area contributed by atoms with Gasteiger partial charge in [0.2, 0.25) is 0 Å². The van der Waals surface area contributed by atoms with Crippen molar-refractivity contribution in [2.75, 3.05) is 6.61 Å². The van der Waals surface area contributed by atoms with Gasteiger partial charge >= 0.3 is 0 Å². The molecule has 6 heteroatoms. The number of hydrogen-bond acceptors (Lipinski definition) is 4. The van der Waals surface area contributed by atoms with Crippen LogP contribution in [-0.4, -0.2) is 34.4 Å². The fourth-order valence-corrected chi connectivity index (χ4v) is 3.06. The molecule has 1 heterocycles. The van der Waals surface area contributed by atoms with Crippen molar-refractivity contribution in [1.29, 1.82) is 0 Å². The van der Waals surface area contributed by atoms with Crippen LogP contribution in [0.2, 0.25) is 0 Å². The van der Waals surface area contributed by atoms with E-state index in [0.717, 1.165) is 37.8 Å². The normalized spacial score (nSPS) is 20.2. The van der Waals surface area contributed by atoms with Crippen LogP contribution >= 0.6 is 0 Å². The van der Waals surface area contributed by atoms with Gasteiger partial charge in [-0.05, 0) is 44.2 Å². The Hall–Kier alpha value is -2.34. The van der Waals surface area contributed by atoms with Gasteiger partial charge in [-0.25, -0.2) is 4.68 Å². The number of aromatic nitrogens is 2. The van der Waals surface area contributed by atoms with Gasteiger partial charge in [-0.3, -0.25) is 4.79 Å². The molecule has 3 rings (SSSR count). The van der Waals surface area contributed by atoms with Crippen molar-refractivity contribution >= 4 is 5.91 Å². The van der Waals surface area contributed by atoms with E-state index >= 15 is 0 Å². The highest BCUT2D eigenvalue weighted by Gasteiger charge is 2.24. The molecule has 3 N–H and O–H groups in total. The number of carbonyl (C=O) groups is 1. The van der Waals surface area contributed by atoms with E-state index in [0.29, 0.717) is 18.1 Å². The third-order valence-electron chi connectivity index (χ3n) is 4.49. The van der Waals surface area contributed by atoms with Crippen LogP contribution in [0.5, 0.6) is 5.75 Å². The molecule has 25 heavy (non-hydrogen) atoms. The van der Waals surface area contributed by atoms with Crippen LogP contribution < -0.4 is 15.8 Å². The molecule has 6 nitrogen and oxygen atoms in total. The first kappa shape index (κ1) is 17.5. The van der Waals surface area contributed by atoms with Crippen LogP contribution in [0, 0.1) is 0 Å². The van der Waals surface area contributed by atoms with Gasteiger partial charge in [-0.1, -0.05) is 25.1 Å². The Morgan fingerprint density at radius 1 is 1.28 bits per heavy atom. The van der Waals surface area contributed by atoms with Crippen LogP contribution in [0.25, 0.3) is 5.69 Å². The first-order valence-electron chi connectivity index (χ1n) is 9.01. The minimum atomic E-state index is -0.179. The van der Waals surface area contributed by atoms with Crippen LogP contribution in [0.15, 0.2) is 36.5 Å². The molecule has 1 aromatic heterocycles. The summed E-state index contributed by atoms with van der Waals surface area (Å²) in [4.78, 5) is 12.7. The van der Waals surface area contributed by atoms with E-state index in [9.17, 15) is 4.79 Å². The van der Waals surface area contributed by atoms with Gasteiger partial charge < -0.3 is 15.8 Å². The highest BCUT2D eigenvalue weighted by molar-refractivity contribution is 5.95. The van der Waals surface area contributed by atoms with Crippen molar-refractivity contribution in [3.05, 3.63) is 42.2 Å². The Balaban J connectivity index is 1.78. The second-order valence-corrected chi connectivity index (χ2v) is 6.56. The topological polar surface area (TPSA) is 82.2 Å². The van der Waals surface area contributed by atoms with Crippen molar-refractivity contribution in [3.8, 4) is 11.4 Å². The Labute approximate surface area is 148 Å². The summed E-state index contributed by atoms with van der Waals surface area (Å²) >= 11 is 0. The number of nitrogens with two attached hydrogens (primary N) is 1. The van der Waals surface area contributed by atoms with Crippen molar-refractivity contribution in [1.82, 2.24) is 15.1 Å². The van der Waals surface area contributed by atoms with E-state index < -0.39 is 0 Å². The predicted molar refractivity (Wildman–Crippen MR) is 97.0 cm³/mol. The van der Waals surface area contributed by atoms with Gasteiger partial charge in [0.1, 0.15) is 0 Å². The maximum atomic E-state index is 12.7. The highest BCUT2D eigenvalue weighted by atomic mass is 16.5. The van der Waals surface area contributed by atoms with E-state index in [1.807, 2.05) is 37.3 Å². The minimum absolute atomic E-state index is 0.160. The molecule has 1 aromatic carbocycles. The molecule has 0 aliphatic heterocycles. The monoisotopic (exact) mass is 342 g/mol. The van der Waals surface area contributed by atoms with Crippen molar-refractivity contribution in [2.24, 2.45) is 5.73 Å². The average Bonchev–Trinajstić information content (AvgIpc) is 3.07. The van der Waals surface area contributed by atoms with E-state index in [1.165, 1.54) is 0 Å². The molecular weight excluding hydrogens is 316 g/mol. The zero-order valence-electron chi connectivity index (χ0n) is 14.6. The number of nitrogens with one attached hydrogen (secondary N) is 1. The first-order chi connectivity index (χ1) is 12.2. The summed E-state index contributed by atoms with van der Waals surface area (Å²) in [6.45, 7) is 2.59. The predicted octanol–water partition coefficient (Wildman–Crippen LogP) is 2.66. The van der Waals surface area contributed by atoms with Gasteiger partial charge in [0.05, 0.1) is 18.5 Å². The summed E-state index contributed by atoms with van der Waals surface area (Å²) in [5.74, 6) is 0.344. The smallest absolute Gasteiger partial charge is 0.275 e. The molecule has 1 amide bonds. The van der Waals surface area contributed by atoms with E-state index in [4.69, 9.17) is 10.5 Å². The second kappa shape index (κ2) is 8.16. The Bertz CT molecular complexity index is 691. The standard InChI is InChI=1S/C19H26N4O2/c1-2-12-25-17-13-23(16-6-4-3-5-7-16)22-18(17)19(24)21-15-10-8-14(20)9-11-15/h3-7,13-15H,2,8-12,20H2,1H3,(H,21,24). The Kier molecular flexibility index (Phi) is 5.71. The number of rotatable bonds is 6. The third-order valence-corrected chi connectivity index (χ3v) is 4.49. The molecule has 1 aliphatic carbocycles. The maximum Gasteiger partial charge on any atom is 0.275 e. The quantitative estimate of drug-likeness (QED) is 0.845. The number of amides is 1. The number of ether oxygens (including phenoxy) is 1. The zero-order chi connectivity index (χ0) is 17.6. The van der Waals surface area contributed by atoms with Crippen molar-refractivity contribution in [3.63, 3.8) is 0 Å². The van der Waals surface area contributed by atoms with Crippen molar-refractivity contribution < 1.29 is 9.53 Å². The summed E-state index contributed by atoms with van der Waals surface area (Å²) in [5, 5.41) is 7.56. The molecular formula is C19H26N4O2. The molecule has 0 atom stereocenters. The largest absolute Gasteiger partial charge is 0.489 e. The summed E-state index contributed by atoms with van der Waals surface area (Å²) in [5.41, 5.74) is 7.17. The number of para-hydroxylation sites is 1. The van der Waals surface area contributed by atoms with Gasteiger partial charge in [-0.2, -0.15) is 5.10 Å². The lowest BCUT2D eigenvalue weighted by Gasteiger charge is -2.26. The van der Waals surface area contributed by atoms with Gasteiger partial charge in [0.25, 0.3) is 5.91 Å². The van der Waals surface area contributed by atoms with Crippen LogP contribution in [0.1, 0.15) is 49.5 Å². The lowest BCUT2D eigenvalue weighted by Crippen LogP contribution is -2.40. The molecule has 0 spiro atoms. The number of nitrogens with zero attached hydrogens (tertiary/aromatic N) is 2. The first-order valence-corrected chi connectivity index (χ1v) is 9.01. The fourth-order valence-electron chi connectivity index (χ4n) is 3.06. The molecule has 0 radical (unpaired) electrons. The molecule has 1 aliphatic rings. The molecule has 2 aromatic rings. The molecule has 0 saturated heterocycles.